The van der Waals surface area contributed by atoms with Gasteiger partial charge in [-0.3, -0.25) is 0 Å². The van der Waals surface area contributed by atoms with Gasteiger partial charge in [-0.05, 0) is 24.3 Å². The van der Waals surface area contributed by atoms with E-state index >= 15 is 0 Å². The van der Waals surface area contributed by atoms with Gasteiger partial charge in [0.1, 0.15) is 11.3 Å². The molecule has 0 bridgehead atoms. The van der Waals surface area contributed by atoms with Gasteiger partial charge < -0.3 is 9.15 Å². The Hall–Kier alpha value is -2.00. The molecule has 1 heterocycles. The smallest absolute Gasteiger partial charge is 0.228 e. The topological polar surface area (TPSA) is 35.3 Å². The molecule has 0 atom stereocenters. The van der Waals surface area contributed by atoms with Gasteiger partial charge in [-0.2, -0.15) is 0 Å². The van der Waals surface area contributed by atoms with Crippen molar-refractivity contribution >= 4 is 22.7 Å². The lowest BCUT2D eigenvalue weighted by Gasteiger charge is -1.96. The summed E-state index contributed by atoms with van der Waals surface area (Å²) in [5, 5.41) is 0.621. The molecule has 3 rings (SSSR count). The van der Waals surface area contributed by atoms with Crippen molar-refractivity contribution in [3.63, 3.8) is 0 Å². The van der Waals surface area contributed by atoms with Crippen LogP contribution in [0.5, 0.6) is 5.75 Å². The van der Waals surface area contributed by atoms with Gasteiger partial charge in [-0.1, -0.05) is 23.7 Å². The second kappa shape index (κ2) is 4.35. The Morgan fingerprint density at radius 3 is 2.78 bits per heavy atom. The second-order valence-corrected chi connectivity index (χ2v) is 4.24. The minimum atomic E-state index is 0.517. The Labute approximate surface area is 109 Å². The standard InChI is InChI=1S/C14H10ClNO2/c1-17-9-6-7-13-12(8-9)16-14(18-13)10-4-2-3-5-11(10)15/h2-8H,1H3. The average molecular weight is 260 g/mol. The van der Waals surface area contributed by atoms with Gasteiger partial charge in [0.25, 0.3) is 0 Å². The third-order valence-corrected chi connectivity index (χ3v) is 3.03. The summed E-state index contributed by atoms with van der Waals surface area (Å²) in [4.78, 5) is 4.42. The Morgan fingerprint density at radius 1 is 1.17 bits per heavy atom. The van der Waals surface area contributed by atoms with Crippen molar-refractivity contribution in [1.82, 2.24) is 4.98 Å². The molecule has 18 heavy (non-hydrogen) atoms. The van der Waals surface area contributed by atoms with E-state index in [0.717, 1.165) is 16.8 Å². The number of ether oxygens (including phenoxy) is 1. The van der Waals surface area contributed by atoms with E-state index in [9.17, 15) is 0 Å². The van der Waals surface area contributed by atoms with Crippen molar-refractivity contribution in [3.8, 4) is 17.2 Å². The SMILES string of the molecule is COc1ccc2oc(-c3ccccc3Cl)nc2c1. The number of fused-ring (bicyclic) bond motifs is 1. The number of halogens is 1. The van der Waals surface area contributed by atoms with E-state index in [1.54, 1.807) is 7.11 Å². The van der Waals surface area contributed by atoms with E-state index in [2.05, 4.69) is 4.98 Å². The molecular formula is C14H10ClNO2. The quantitative estimate of drug-likeness (QED) is 0.693. The summed E-state index contributed by atoms with van der Waals surface area (Å²) in [5.74, 6) is 1.27. The first kappa shape index (κ1) is 11.1. The molecule has 0 aliphatic carbocycles. The number of rotatable bonds is 2. The summed E-state index contributed by atoms with van der Waals surface area (Å²) >= 11 is 6.12. The molecule has 0 unspecified atom stereocenters. The largest absolute Gasteiger partial charge is 0.497 e. The molecule has 3 nitrogen and oxygen atoms in total. The van der Waals surface area contributed by atoms with Crippen LogP contribution >= 0.6 is 11.6 Å². The van der Waals surface area contributed by atoms with Crippen molar-refractivity contribution in [2.75, 3.05) is 7.11 Å². The first-order valence-corrected chi connectivity index (χ1v) is 5.85. The highest BCUT2D eigenvalue weighted by molar-refractivity contribution is 6.33. The molecule has 0 spiro atoms. The summed E-state index contributed by atoms with van der Waals surface area (Å²) in [6.07, 6.45) is 0. The Bertz CT molecular complexity index is 706. The number of hydrogen-bond donors (Lipinski definition) is 0. The number of hydrogen-bond acceptors (Lipinski definition) is 3. The molecule has 0 amide bonds. The molecule has 0 saturated carbocycles. The van der Waals surface area contributed by atoms with Crippen LogP contribution in [-0.2, 0) is 0 Å². The lowest BCUT2D eigenvalue weighted by Crippen LogP contribution is -1.81. The zero-order valence-corrected chi connectivity index (χ0v) is 10.4. The lowest BCUT2D eigenvalue weighted by molar-refractivity contribution is 0.415. The van der Waals surface area contributed by atoms with Crippen LogP contribution in [0.2, 0.25) is 5.02 Å². The first-order valence-electron chi connectivity index (χ1n) is 5.47. The minimum Gasteiger partial charge on any atom is -0.497 e. The van der Waals surface area contributed by atoms with Crippen LogP contribution < -0.4 is 4.74 Å². The molecule has 0 saturated heterocycles. The summed E-state index contributed by atoms with van der Waals surface area (Å²) < 4.78 is 10.8. The maximum atomic E-state index is 6.12. The second-order valence-electron chi connectivity index (χ2n) is 3.83. The molecule has 0 aliphatic rings. The van der Waals surface area contributed by atoms with E-state index in [-0.39, 0.29) is 0 Å². The molecule has 0 radical (unpaired) electrons. The highest BCUT2D eigenvalue weighted by Gasteiger charge is 2.11. The van der Waals surface area contributed by atoms with Gasteiger partial charge in [0.05, 0.1) is 17.7 Å². The zero-order chi connectivity index (χ0) is 12.5. The molecular weight excluding hydrogens is 250 g/mol. The van der Waals surface area contributed by atoms with E-state index in [1.165, 1.54) is 0 Å². The van der Waals surface area contributed by atoms with Crippen LogP contribution in [-0.4, -0.2) is 12.1 Å². The average Bonchev–Trinajstić information content (AvgIpc) is 2.81. The molecule has 0 N–H and O–H groups in total. The van der Waals surface area contributed by atoms with Crippen molar-refractivity contribution in [2.45, 2.75) is 0 Å². The Kier molecular flexibility index (Phi) is 2.68. The number of benzene rings is 2. The fourth-order valence-corrected chi connectivity index (χ4v) is 2.00. The van der Waals surface area contributed by atoms with E-state index < -0.39 is 0 Å². The molecule has 1 aromatic heterocycles. The number of methoxy groups -OCH3 is 1. The minimum absolute atomic E-state index is 0.517. The fraction of sp³-hybridized carbons (Fsp3) is 0.0714. The van der Waals surface area contributed by atoms with Crippen molar-refractivity contribution in [1.29, 1.82) is 0 Å². The monoisotopic (exact) mass is 259 g/mol. The van der Waals surface area contributed by atoms with Gasteiger partial charge in [0.2, 0.25) is 5.89 Å². The van der Waals surface area contributed by atoms with Crippen LogP contribution in [0.4, 0.5) is 0 Å². The van der Waals surface area contributed by atoms with Crippen molar-refractivity contribution in [3.05, 3.63) is 47.5 Å². The Balaban J connectivity index is 2.17. The molecule has 0 aliphatic heterocycles. The normalized spacial score (nSPS) is 10.8. The van der Waals surface area contributed by atoms with Gasteiger partial charge >= 0.3 is 0 Å². The van der Waals surface area contributed by atoms with Gasteiger partial charge in [-0.25, -0.2) is 4.98 Å². The summed E-state index contributed by atoms with van der Waals surface area (Å²) in [5.41, 5.74) is 2.25. The summed E-state index contributed by atoms with van der Waals surface area (Å²) in [7, 11) is 1.62. The zero-order valence-electron chi connectivity index (χ0n) is 9.68. The van der Waals surface area contributed by atoms with E-state index in [0.29, 0.717) is 16.5 Å². The Morgan fingerprint density at radius 2 is 2.00 bits per heavy atom. The molecule has 3 aromatic rings. The predicted molar refractivity (Wildman–Crippen MR) is 71.0 cm³/mol. The van der Waals surface area contributed by atoms with E-state index in [1.807, 2.05) is 42.5 Å². The van der Waals surface area contributed by atoms with Gasteiger partial charge in [0.15, 0.2) is 5.58 Å². The lowest BCUT2D eigenvalue weighted by atomic mass is 10.2. The van der Waals surface area contributed by atoms with Crippen LogP contribution in [0, 0.1) is 0 Å². The number of aromatic nitrogens is 1. The van der Waals surface area contributed by atoms with Gasteiger partial charge in [0, 0.05) is 6.07 Å². The first-order chi connectivity index (χ1) is 8.78. The van der Waals surface area contributed by atoms with Crippen LogP contribution in [0.3, 0.4) is 0 Å². The maximum absolute atomic E-state index is 6.12. The molecule has 2 aromatic carbocycles. The van der Waals surface area contributed by atoms with Crippen LogP contribution in [0.1, 0.15) is 0 Å². The summed E-state index contributed by atoms with van der Waals surface area (Å²) in [6.45, 7) is 0. The highest BCUT2D eigenvalue weighted by atomic mass is 35.5. The fourth-order valence-electron chi connectivity index (χ4n) is 1.78. The highest BCUT2D eigenvalue weighted by Crippen LogP contribution is 2.30. The number of nitrogens with zero attached hydrogens (tertiary/aromatic N) is 1. The van der Waals surface area contributed by atoms with Crippen molar-refractivity contribution in [2.24, 2.45) is 0 Å². The van der Waals surface area contributed by atoms with E-state index in [4.69, 9.17) is 20.8 Å². The third kappa shape index (κ3) is 1.83. The third-order valence-electron chi connectivity index (χ3n) is 2.70. The van der Waals surface area contributed by atoms with Crippen LogP contribution in [0.15, 0.2) is 46.9 Å². The molecule has 90 valence electrons. The van der Waals surface area contributed by atoms with Crippen LogP contribution in [0.25, 0.3) is 22.6 Å². The number of oxazole rings is 1. The molecule has 0 fully saturated rings. The predicted octanol–water partition coefficient (Wildman–Crippen LogP) is 4.16. The maximum Gasteiger partial charge on any atom is 0.228 e. The van der Waals surface area contributed by atoms with Crippen molar-refractivity contribution < 1.29 is 9.15 Å². The van der Waals surface area contributed by atoms with Gasteiger partial charge in [-0.15, -0.1) is 0 Å². The molecule has 4 heteroatoms. The summed E-state index contributed by atoms with van der Waals surface area (Å²) in [6, 6.07) is 13.0.